The molecule has 0 aliphatic carbocycles. The third-order valence-corrected chi connectivity index (χ3v) is 4.25. The van der Waals surface area contributed by atoms with E-state index >= 15 is 0 Å². The second kappa shape index (κ2) is 12.1. The Labute approximate surface area is 182 Å². The largest absolute Gasteiger partial charge is 0.443 e. The Balaban J connectivity index is 2.49. The molecule has 1 fully saturated rings. The molecule has 1 saturated heterocycles. The van der Waals surface area contributed by atoms with Crippen molar-refractivity contribution >= 4 is 30.0 Å². The van der Waals surface area contributed by atoms with Crippen LogP contribution in [0.5, 0.6) is 0 Å². The van der Waals surface area contributed by atoms with Gasteiger partial charge in [-0.15, -0.1) is 10.1 Å². The van der Waals surface area contributed by atoms with Gasteiger partial charge in [0.05, 0.1) is 6.54 Å². The van der Waals surface area contributed by atoms with Crippen molar-refractivity contribution in [3.8, 4) is 0 Å². The van der Waals surface area contributed by atoms with Crippen LogP contribution in [-0.4, -0.2) is 70.2 Å². The van der Waals surface area contributed by atoms with Crippen molar-refractivity contribution in [3.05, 3.63) is 0 Å². The monoisotopic (exact) mass is 443 g/mol. The quantitative estimate of drug-likeness (QED) is 0.303. The predicted molar refractivity (Wildman–Crippen MR) is 108 cm³/mol. The summed E-state index contributed by atoms with van der Waals surface area (Å²) in [6.07, 6.45) is -0.00166. The fourth-order valence-corrected chi connectivity index (χ4v) is 2.63. The van der Waals surface area contributed by atoms with E-state index in [1.54, 1.807) is 34.6 Å². The van der Waals surface area contributed by atoms with Gasteiger partial charge in [-0.25, -0.2) is 14.4 Å². The van der Waals surface area contributed by atoms with E-state index in [0.717, 1.165) is 5.06 Å². The lowest BCUT2D eigenvalue weighted by Crippen LogP contribution is -2.42. The number of imide groups is 1. The average Bonchev–Trinajstić information content (AvgIpc) is 2.98. The number of hydroxylamine groups is 4. The summed E-state index contributed by atoms with van der Waals surface area (Å²) in [5.74, 6) is -1.73. The van der Waals surface area contributed by atoms with E-state index < -0.39 is 35.6 Å². The summed E-state index contributed by atoms with van der Waals surface area (Å²) in [4.78, 5) is 70.7. The van der Waals surface area contributed by atoms with Gasteiger partial charge in [-0.05, 0) is 47.5 Å². The molecule has 0 radical (unpaired) electrons. The maximum atomic E-state index is 12.4. The number of amides is 4. The molecule has 4 amide bonds. The molecule has 0 unspecified atom stereocenters. The van der Waals surface area contributed by atoms with Gasteiger partial charge in [-0.3, -0.25) is 9.59 Å². The first-order chi connectivity index (χ1) is 14.5. The van der Waals surface area contributed by atoms with Gasteiger partial charge in [0.25, 0.3) is 11.8 Å². The minimum absolute atomic E-state index is 0.00271. The molecule has 0 bridgehead atoms. The number of nitrogens with zero attached hydrogens (tertiary/aromatic N) is 3. The van der Waals surface area contributed by atoms with Crippen LogP contribution in [0.15, 0.2) is 0 Å². The van der Waals surface area contributed by atoms with Crippen LogP contribution >= 0.6 is 0 Å². The van der Waals surface area contributed by atoms with Crippen LogP contribution in [0.25, 0.3) is 0 Å². The third kappa shape index (κ3) is 9.22. The molecule has 0 spiro atoms. The number of hydrogen-bond acceptors (Lipinski definition) is 8. The molecular formula is C20H33N3O8. The van der Waals surface area contributed by atoms with E-state index in [0.29, 0.717) is 37.4 Å². The molecular weight excluding hydrogens is 410 g/mol. The average molecular weight is 443 g/mol. The second-order valence-electron chi connectivity index (χ2n) is 7.97. The standard InChI is InChI=1S/C20H33N3O8/c1-6-21(7-2)18(27)31-22(19(28)29-20(3,4)5)14-10-8-9-11-17(26)30-23-15(24)12-13-16(23)25/h6-14H2,1-5H3. The van der Waals surface area contributed by atoms with Crippen molar-refractivity contribution in [2.45, 2.75) is 78.7 Å². The van der Waals surface area contributed by atoms with Crippen LogP contribution in [0.2, 0.25) is 0 Å². The lowest BCUT2D eigenvalue weighted by molar-refractivity contribution is -0.197. The summed E-state index contributed by atoms with van der Waals surface area (Å²) in [5.41, 5.74) is -0.759. The van der Waals surface area contributed by atoms with Crippen molar-refractivity contribution in [2.75, 3.05) is 19.6 Å². The first kappa shape index (κ1) is 26.2. The fraction of sp³-hybridized carbons (Fsp3) is 0.750. The van der Waals surface area contributed by atoms with Gasteiger partial charge >= 0.3 is 18.2 Å². The van der Waals surface area contributed by atoms with Crippen LogP contribution in [0.4, 0.5) is 9.59 Å². The molecule has 1 rings (SSSR count). The molecule has 31 heavy (non-hydrogen) atoms. The lowest BCUT2D eigenvalue weighted by Gasteiger charge is -2.28. The topological polar surface area (TPSA) is 123 Å². The highest BCUT2D eigenvalue weighted by Gasteiger charge is 2.32. The molecule has 0 aromatic heterocycles. The number of carbonyl (C=O) groups is 5. The van der Waals surface area contributed by atoms with Crippen molar-refractivity contribution in [1.29, 1.82) is 0 Å². The first-order valence-corrected chi connectivity index (χ1v) is 10.5. The molecule has 11 heteroatoms. The lowest BCUT2D eigenvalue weighted by atomic mass is 10.2. The van der Waals surface area contributed by atoms with Crippen LogP contribution in [0.1, 0.15) is 73.1 Å². The molecule has 11 nitrogen and oxygen atoms in total. The number of rotatable bonds is 9. The Kier molecular flexibility index (Phi) is 10.2. The number of carbonyl (C=O) groups excluding carboxylic acids is 5. The highest BCUT2D eigenvalue weighted by atomic mass is 16.8. The van der Waals surface area contributed by atoms with Gasteiger partial charge in [0, 0.05) is 32.4 Å². The molecule has 0 atom stereocenters. The van der Waals surface area contributed by atoms with Crippen LogP contribution in [0.3, 0.4) is 0 Å². The Bertz CT molecular complexity index is 654. The highest BCUT2D eigenvalue weighted by Crippen LogP contribution is 2.15. The molecule has 0 aromatic rings. The zero-order chi connectivity index (χ0) is 23.6. The van der Waals surface area contributed by atoms with E-state index in [1.807, 2.05) is 0 Å². The van der Waals surface area contributed by atoms with Crippen LogP contribution in [-0.2, 0) is 28.8 Å². The zero-order valence-electron chi connectivity index (χ0n) is 19.0. The third-order valence-electron chi connectivity index (χ3n) is 4.25. The Hall–Kier alpha value is -2.85. The number of hydrogen-bond donors (Lipinski definition) is 0. The normalized spacial score (nSPS) is 13.8. The van der Waals surface area contributed by atoms with Crippen LogP contribution in [0, 0.1) is 0 Å². The fourth-order valence-electron chi connectivity index (χ4n) is 2.63. The Morgan fingerprint density at radius 3 is 2.03 bits per heavy atom. The summed E-state index contributed by atoms with van der Waals surface area (Å²) in [5, 5.41) is 1.39. The predicted octanol–water partition coefficient (Wildman–Crippen LogP) is 2.78. The zero-order valence-corrected chi connectivity index (χ0v) is 19.0. The first-order valence-electron chi connectivity index (χ1n) is 10.5. The number of unbranched alkanes of at least 4 members (excludes halogenated alkanes) is 2. The smallest absolute Gasteiger partial charge is 0.442 e. The maximum absolute atomic E-state index is 12.4. The molecule has 0 N–H and O–H groups in total. The minimum atomic E-state index is -0.779. The molecule has 176 valence electrons. The van der Waals surface area contributed by atoms with Gasteiger partial charge in [0.1, 0.15) is 5.60 Å². The van der Waals surface area contributed by atoms with Crippen molar-refractivity contribution in [3.63, 3.8) is 0 Å². The Morgan fingerprint density at radius 2 is 1.52 bits per heavy atom. The molecule has 1 aliphatic heterocycles. The summed E-state index contributed by atoms with van der Waals surface area (Å²) in [6.45, 7) is 9.66. The maximum Gasteiger partial charge on any atom is 0.443 e. The SMILES string of the molecule is CCN(CC)C(=O)ON(CCCCCC(=O)ON1C(=O)CCC1=O)C(=O)OC(C)(C)C. The van der Waals surface area contributed by atoms with Gasteiger partial charge in [-0.1, -0.05) is 6.42 Å². The van der Waals surface area contributed by atoms with Crippen molar-refractivity contribution < 1.29 is 38.4 Å². The van der Waals surface area contributed by atoms with E-state index in [9.17, 15) is 24.0 Å². The van der Waals surface area contributed by atoms with E-state index in [2.05, 4.69) is 0 Å². The highest BCUT2D eigenvalue weighted by molar-refractivity contribution is 6.01. The Morgan fingerprint density at radius 1 is 0.935 bits per heavy atom. The van der Waals surface area contributed by atoms with Crippen molar-refractivity contribution in [1.82, 2.24) is 15.0 Å². The van der Waals surface area contributed by atoms with Gasteiger partial charge < -0.3 is 19.3 Å². The van der Waals surface area contributed by atoms with E-state index in [4.69, 9.17) is 14.4 Å². The van der Waals surface area contributed by atoms with E-state index in [1.165, 1.54) is 4.90 Å². The van der Waals surface area contributed by atoms with Gasteiger partial charge in [0.15, 0.2) is 0 Å². The molecule has 1 heterocycles. The van der Waals surface area contributed by atoms with Crippen LogP contribution < -0.4 is 0 Å². The summed E-state index contributed by atoms with van der Waals surface area (Å²) < 4.78 is 5.29. The van der Waals surface area contributed by atoms with E-state index in [-0.39, 0.29) is 25.8 Å². The van der Waals surface area contributed by atoms with Crippen molar-refractivity contribution in [2.24, 2.45) is 0 Å². The number of ether oxygens (including phenoxy) is 1. The van der Waals surface area contributed by atoms with Gasteiger partial charge in [-0.2, -0.15) is 0 Å². The summed E-state index contributed by atoms with van der Waals surface area (Å²) >= 11 is 0. The molecule has 0 aromatic carbocycles. The summed E-state index contributed by atoms with van der Waals surface area (Å²) in [7, 11) is 0. The minimum Gasteiger partial charge on any atom is -0.442 e. The molecule has 0 saturated carbocycles. The van der Waals surface area contributed by atoms with Gasteiger partial charge in [0.2, 0.25) is 0 Å². The molecule has 1 aliphatic rings. The summed E-state index contributed by atoms with van der Waals surface area (Å²) in [6, 6.07) is 0. The second-order valence-corrected chi connectivity index (χ2v) is 7.97.